The van der Waals surface area contributed by atoms with Crippen LogP contribution >= 0.6 is 0 Å². The van der Waals surface area contributed by atoms with Crippen LogP contribution in [0.4, 0.5) is 0 Å². The second-order valence-corrected chi connectivity index (χ2v) is 3.08. The van der Waals surface area contributed by atoms with E-state index < -0.39 is 0 Å². The minimum atomic E-state index is 0.277. The number of benzene rings is 1. The van der Waals surface area contributed by atoms with Gasteiger partial charge in [-0.3, -0.25) is 0 Å². The van der Waals surface area contributed by atoms with Crippen molar-refractivity contribution >= 4 is 0 Å². The van der Waals surface area contributed by atoms with Crippen molar-refractivity contribution in [3.8, 4) is 11.4 Å². The van der Waals surface area contributed by atoms with Crippen LogP contribution in [-0.4, -0.2) is 10.1 Å². The van der Waals surface area contributed by atoms with E-state index in [1.54, 1.807) is 0 Å². The third-order valence-corrected chi connectivity index (χ3v) is 1.95. The Hall–Kier alpha value is -1.68. The van der Waals surface area contributed by atoms with Gasteiger partial charge >= 0.3 is 0 Å². The fourth-order valence-electron chi connectivity index (χ4n) is 1.16. The van der Waals surface area contributed by atoms with E-state index in [4.69, 9.17) is 10.3 Å². The summed E-state index contributed by atoms with van der Waals surface area (Å²) < 4.78 is 4.91. The zero-order chi connectivity index (χ0) is 9.97. The van der Waals surface area contributed by atoms with Crippen LogP contribution in [0.2, 0.25) is 0 Å². The van der Waals surface area contributed by atoms with Crippen molar-refractivity contribution in [2.75, 3.05) is 0 Å². The Morgan fingerprint density at radius 2 is 2.00 bits per heavy atom. The first-order valence-corrected chi connectivity index (χ1v) is 4.39. The zero-order valence-corrected chi connectivity index (χ0v) is 7.90. The van der Waals surface area contributed by atoms with Crippen LogP contribution in [0.15, 0.2) is 28.8 Å². The molecule has 0 fully saturated rings. The van der Waals surface area contributed by atoms with Crippen molar-refractivity contribution in [3.63, 3.8) is 0 Å². The van der Waals surface area contributed by atoms with Gasteiger partial charge in [0.05, 0.1) is 6.54 Å². The van der Waals surface area contributed by atoms with E-state index in [2.05, 4.69) is 10.1 Å². The van der Waals surface area contributed by atoms with Gasteiger partial charge in [0.1, 0.15) is 0 Å². The zero-order valence-electron chi connectivity index (χ0n) is 7.90. The SMILES string of the molecule is Cc1ccc(-c2noc(CN)n2)cc1. The highest BCUT2D eigenvalue weighted by molar-refractivity contribution is 5.54. The second-order valence-electron chi connectivity index (χ2n) is 3.08. The highest BCUT2D eigenvalue weighted by Gasteiger charge is 2.05. The predicted octanol–water partition coefficient (Wildman–Crippen LogP) is 1.50. The first-order valence-electron chi connectivity index (χ1n) is 4.39. The Bertz CT molecular complexity index is 419. The topological polar surface area (TPSA) is 64.9 Å². The van der Waals surface area contributed by atoms with Gasteiger partial charge < -0.3 is 10.3 Å². The molecule has 1 aromatic heterocycles. The molecule has 0 radical (unpaired) electrons. The summed E-state index contributed by atoms with van der Waals surface area (Å²) in [7, 11) is 0. The van der Waals surface area contributed by atoms with E-state index in [-0.39, 0.29) is 6.54 Å². The molecule has 0 unspecified atom stereocenters. The number of aryl methyl sites for hydroxylation is 1. The molecule has 2 N–H and O–H groups in total. The maximum atomic E-state index is 5.37. The number of nitrogens with two attached hydrogens (primary N) is 1. The second kappa shape index (κ2) is 3.59. The average Bonchev–Trinajstić information content (AvgIpc) is 2.67. The molecule has 0 saturated heterocycles. The highest BCUT2D eigenvalue weighted by atomic mass is 16.5. The largest absolute Gasteiger partial charge is 0.338 e. The van der Waals surface area contributed by atoms with Crippen LogP contribution in [0.25, 0.3) is 11.4 Å². The molecule has 14 heavy (non-hydrogen) atoms. The molecular formula is C10H11N3O. The quantitative estimate of drug-likeness (QED) is 0.777. The lowest BCUT2D eigenvalue weighted by atomic mass is 10.1. The van der Waals surface area contributed by atoms with E-state index in [1.807, 2.05) is 31.2 Å². The predicted molar refractivity (Wildman–Crippen MR) is 52.4 cm³/mol. The van der Waals surface area contributed by atoms with Crippen LogP contribution in [-0.2, 0) is 6.54 Å². The van der Waals surface area contributed by atoms with Gasteiger partial charge in [-0.25, -0.2) is 0 Å². The molecule has 4 heteroatoms. The monoisotopic (exact) mass is 189 g/mol. The van der Waals surface area contributed by atoms with Crippen LogP contribution in [0.1, 0.15) is 11.5 Å². The van der Waals surface area contributed by atoms with Crippen molar-refractivity contribution in [1.82, 2.24) is 10.1 Å². The minimum absolute atomic E-state index is 0.277. The fourth-order valence-corrected chi connectivity index (χ4v) is 1.16. The molecule has 0 saturated carbocycles. The normalized spacial score (nSPS) is 10.4. The lowest BCUT2D eigenvalue weighted by Gasteiger charge is -1.94. The van der Waals surface area contributed by atoms with Gasteiger partial charge in [-0.05, 0) is 6.92 Å². The minimum Gasteiger partial charge on any atom is -0.338 e. The molecule has 0 bridgehead atoms. The van der Waals surface area contributed by atoms with Gasteiger partial charge in [0, 0.05) is 5.56 Å². The third kappa shape index (κ3) is 1.65. The Labute approximate surface area is 81.7 Å². The summed E-state index contributed by atoms with van der Waals surface area (Å²) >= 11 is 0. The number of rotatable bonds is 2. The number of hydrogen-bond acceptors (Lipinski definition) is 4. The molecule has 2 rings (SSSR count). The molecule has 2 aromatic rings. The Morgan fingerprint density at radius 3 is 2.57 bits per heavy atom. The molecule has 1 heterocycles. The molecule has 1 aromatic carbocycles. The summed E-state index contributed by atoms with van der Waals surface area (Å²) in [6, 6.07) is 7.93. The molecule has 0 aliphatic carbocycles. The lowest BCUT2D eigenvalue weighted by molar-refractivity contribution is 0.380. The lowest BCUT2D eigenvalue weighted by Crippen LogP contribution is -1.95. The molecule has 4 nitrogen and oxygen atoms in total. The van der Waals surface area contributed by atoms with Gasteiger partial charge in [0.25, 0.3) is 0 Å². The highest BCUT2D eigenvalue weighted by Crippen LogP contribution is 2.15. The molecule has 0 aliphatic rings. The summed E-state index contributed by atoms with van der Waals surface area (Å²) in [6.07, 6.45) is 0. The summed E-state index contributed by atoms with van der Waals surface area (Å²) in [5.41, 5.74) is 7.52. The van der Waals surface area contributed by atoms with E-state index in [0.717, 1.165) is 5.56 Å². The Balaban J connectivity index is 2.34. The molecule has 0 atom stereocenters. The molecule has 0 aliphatic heterocycles. The first-order chi connectivity index (χ1) is 6.79. The molecule has 72 valence electrons. The average molecular weight is 189 g/mol. The van der Waals surface area contributed by atoms with Crippen molar-refractivity contribution in [1.29, 1.82) is 0 Å². The van der Waals surface area contributed by atoms with E-state index in [9.17, 15) is 0 Å². The molecule has 0 spiro atoms. The summed E-state index contributed by atoms with van der Waals surface area (Å²) in [5, 5.41) is 3.82. The van der Waals surface area contributed by atoms with Crippen molar-refractivity contribution < 1.29 is 4.52 Å². The van der Waals surface area contributed by atoms with Crippen LogP contribution in [0, 0.1) is 6.92 Å². The first kappa shape index (κ1) is 8.90. The van der Waals surface area contributed by atoms with Crippen LogP contribution in [0.5, 0.6) is 0 Å². The maximum absolute atomic E-state index is 5.37. The van der Waals surface area contributed by atoms with Gasteiger partial charge in [0.2, 0.25) is 11.7 Å². The standard InChI is InChI=1S/C10H11N3O/c1-7-2-4-8(5-3-7)10-12-9(6-11)14-13-10/h2-5H,6,11H2,1H3. The van der Waals surface area contributed by atoms with Crippen molar-refractivity contribution in [2.24, 2.45) is 5.73 Å². The Kier molecular flexibility index (Phi) is 2.28. The molecular weight excluding hydrogens is 178 g/mol. The van der Waals surface area contributed by atoms with Gasteiger partial charge in [0.15, 0.2) is 0 Å². The van der Waals surface area contributed by atoms with Gasteiger partial charge in [-0.2, -0.15) is 4.98 Å². The van der Waals surface area contributed by atoms with Gasteiger partial charge in [-0.1, -0.05) is 35.0 Å². The maximum Gasteiger partial charge on any atom is 0.240 e. The summed E-state index contributed by atoms with van der Waals surface area (Å²) in [4.78, 5) is 4.13. The number of hydrogen-bond donors (Lipinski definition) is 1. The smallest absolute Gasteiger partial charge is 0.240 e. The van der Waals surface area contributed by atoms with Crippen LogP contribution in [0.3, 0.4) is 0 Å². The van der Waals surface area contributed by atoms with Crippen LogP contribution < -0.4 is 5.73 Å². The Morgan fingerprint density at radius 1 is 1.29 bits per heavy atom. The van der Waals surface area contributed by atoms with E-state index >= 15 is 0 Å². The van der Waals surface area contributed by atoms with Crippen molar-refractivity contribution in [2.45, 2.75) is 13.5 Å². The molecule has 0 amide bonds. The van der Waals surface area contributed by atoms with Gasteiger partial charge in [-0.15, -0.1) is 0 Å². The number of aromatic nitrogens is 2. The summed E-state index contributed by atoms with van der Waals surface area (Å²) in [5.74, 6) is 1.05. The number of nitrogens with zero attached hydrogens (tertiary/aromatic N) is 2. The third-order valence-electron chi connectivity index (χ3n) is 1.95. The summed E-state index contributed by atoms with van der Waals surface area (Å²) in [6.45, 7) is 2.31. The van der Waals surface area contributed by atoms with E-state index in [0.29, 0.717) is 11.7 Å². The van der Waals surface area contributed by atoms with Crippen molar-refractivity contribution in [3.05, 3.63) is 35.7 Å². The fraction of sp³-hybridized carbons (Fsp3) is 0.200. The van der Waals surface area contributed by atoms with E-state index in [1.165, 1.54) is 5.56 Å².